The fourth-order valence-electron chi connectivity index (χ4n) is 1.38. The van der Waals surface area contributed by atoms with Crippen LogP contribution in [0.5, 0.6) is 0 Å². The van der Waals surface area contributed by atoms with E-state index in [0.29, 0.717) is 6.42 Å². The van der Waals surface area contributed by atoms with Crippen LogP contribution in [0, 0.1) is 5.92 Å². The highest BCUT2D eigenvalue weighted by Gasteiger charge is 2.20. The Bertz CT molecular complexity index is 281. The predicted molar refractivity (Wildman–Crippen MR) is 55.5 cm³/mol. The van der Waals surface area contributed by atoms with Crippen LogP contribution in [0.2, 0.25) is 0 Å². The van der Waals surface area contributed by atoms with Crippen LogP contribution in [0.3, 0.4) is 0 Å². The minimum atomic E-state index is -0.561. The average molecular weight is 233 g/mol. The van der Waals surface area contributed by atoms with Crippen molar-refractivity contribution in [3.63, 3.8) is 0 Å². The van der Waals surface area contributed by atoms with Crippen LogP contribution in [0.1, 0.15) is 6.42 Å². The number of amides is 3. The van der Waals surface area contributed by atoms with Gasteiger partial charge in [-0.1, -0.05) is 12.2 Å². The van der Waals surface area contributed by atoms with E-state index in [-0.39, 0.29) is 24.4 Å². The fraction of sp³-hybridized carbons (Fsp3) is 0.556. The molecule has 0 unspecified atom stereocenters. The van der Waals surface area contributed by atoms with Crippen molar-refractivity contribution in [3.05, 3.63) is 12.2 Å². The van der Waals surface area contributed by atoms with Crippen LogP contribution in [0.4, 0.5) is 4.79 Å². The topological polar surface area (TPSA) is 78.4 Å². The molecule has 0 heterocycles. The minimum absolute atomic E-state index is 0.0664. The molecule has 0 saturated heterocycles. The zero-order chi connectivity index (χ0) is 11.3. The molecule has 1 aliphatic rings. The molecule has 0 aliphatic heterocycles. The molecule has 0 fully saturated rings. The highest BCUT2D eigenvalue weighted by Crippen LogP contribution is 2.16. The number of halogens is 1. The van der Waals surface area contributed by atoms with Crippen LogP contribution >= 0.6 is 11.6 Å². The first-order chi connectivity index (χ1) is 7.15. The van der Waals surface area contributed by atoms with Crippen molar-refractivity contribution in [1.82, 2.24) is 10.6 Å². The molecular formula is C9H13ClN2O3. The number of nitrogens with one attached hydrogen (secondary N) is 2. The molecule has 0 aromatic rings. The first-order valence-electron chi connectivity index (χ1n) is 4.61. The van der Waals surface area contributed by atoms with Gasteiger partial charge in [0.05, 0.1) is 0 Å². The van der Waals surface area contributed by atoms with Gasteiger partial charge in [-0.2, -0.15) is 0 Å². The average Bonchev–Trinajstić information content (AvgIpc) is 2.65. The summed E-state index contributed by atoms with van der Waals surface area (Å²) in [4.78, 5) is 21.9. The smallest absolute Gasteiger partial charge is 0.321 e. The Morgan fingerprint density at radius 3 is 2.73 bits per heavy atom. The second-order valence-corrected chi connectivity index (χ2v) is 3.59. The lowest BCUT2D eigenvalue weighted by Crippen LogP contribution is -2.44. The van der Waals surface area contributed by atoms with E-state index in [0.717, 1.165) is 0 Å². The Labute approximate surface area is 92.5 Å². The van der Waals surface area contributed by atoms with Gasteiger partial charge in [-0.05, 0) is 6.42 Å². The maximum atomic E-state index is 11.2. The molecule has 5 nitrogen and oxygen atoms in total. The quantitative estimate of drug-likeness (QED) is 0.473. The van der Waals surface area contributed by atoms with Gasteiger partial charge in [0.2, 0.25) is 5.91 Å². The van der Waals surface area contributed by atoms with Crippen LogP contribution in [-0.4, -0.2) is 35.6 Å². The summed E-state index contributed by atoms with van der Waals surface area (Å²) < 4.78 is 0. The van der Waals surface area contributed by atoms with Crippen molar-refractivity contribution in [2.75, 3.05) is 12.5 Å². The molecule has 2 atom stereocenters. The SMILES string of the molecule is O=C(CCl)NC(=O)N[C@H]1C=C[C@@H](CO)C1. The number of hydrogen-bond donors (Lipinski definition) is 3. The third-order valence-corrected chi connectivity index (χ3v) is 2.34. The van der Waals surface area contributed by atoms with E-state index < -0.39 is 11.9 Å². The number of aliphatic hydroxyl groups excluding tert-OH is 1. The van der Waals surface area contributed by atoms with Crippen molar-refractivity contribution in [3.8, 4) is 0 Å². The molecule has 0 aromatic heterocycles. The standard InChI is InChI=1S/C9H13ClN2O3/c10-4-8(14)12-9(15)11-7-2-1-6(3-7)5-13/h1-2,6-7,13H,3-5H2,(H2,11,12,14,15)/t6-,7+/m1/s1. The van der Waals surface area contributed by atoms with Crippen molar-refractivity contribution in [2.24, 2.45) is 5.92 Å². The number of carbonyl (C=O) groups is 2. The van der Waals surface area contributed by atoms with Gasteiger partial charge in [0.1, 0.15) is 5.88 Å². The second-order valence-electron chi connectivity index (χ2n) is 3.33. The van der Waals surface area contributed by atoms with Crippen LogP contribution < -0.4 is 10.6 Å². The molecule has 1 rings (SSSR count). The van der Waals surface area contributed by atoms with Crippen molar-refractivity contribution >= 4 is 23.5 Å². The number of carbonyl (C=O) groups excluding carboxylic acids is 2. The zero-order valence-corrected chi connectivity index (χ0v) is 8.83. The Hall–Kier alpha value is -1.07. The van der Waals surface area contributed by atoms with E-state index in [1.54, 1.807) is 6.08 Å². The van der Waals surface area contributed by atoms with Crippen LogP contribution in [0.25, 0.3) is 0 Å². The van der Waals surface area contributed by atoms with E-state index in [4.69, 9.17) is 16.7 Å². The Kier molecular flexibility index (Phi) is 4.58. The summed E-state index contributed by atoms with van der Waals surface area (Å²) in [5.41, 5.74) is 0. The molecule has 0 saturated carbocycles. The number of urea groups is 1. The largest absolute Gasteiger partial charge is 0.396 e. The van der Waals surface area contributed by atoms with Gasteiger partial charge < -0.3 is 10.4 Å². The lowest BCUT2D eigenvalue weighted by molar-refractivity contribution is -0.117. The highest BCUT2D eigenvalue weighted by atomic mass is 35.5. The van der Waals surface area contributed by atoms with E-state index in [9.17, 15) is 9.59 Å². The predicted octanol–water partition coefficient (Wildman–Crippen LogP) is -0.0120. The maximum absolute atomic E-state index is 11.2. The Balaban J connectivity index is 2.28. The molecule has 3 amide bonds. The number of rotatable bonds is 3. The molecular weight excluding hydrogens is 220 g/mol. The molecule has 84 valence electrons. The third-order valence-electron chi connectivity index (χ3n) is 2.10. The van der Waals surface area contributed by atoms with E-state index in [1.807, 2.05) is 6.08 Å². The number of aliphatic hydroxyl groups is 1. The van der Waals surface area contributed by atoms with Gasteiger partial charge in [0.25, 0.3) is 0 Å². The summed E-state index contributed by atoms with van der Waals surface area (Å²) in [6.07, 6.45) is 4.29. The van der Waals surface area contributed by atoms with Gasteiger partial charge in [0.15, 0.2) is 0 Å². The van der Waals surface area contributed by atoms with E-state index in [1.165, 1.54) is 0 Å². The maximum Gasteiger partial charge on any atom is 0.321 e. The first kappa shape index (κ1) is 12.0. The molecule has 6 heteroatoms. The normalized spacial score (nSPS) is 23.9. The van der Waals surface area contributed by atoms with Gasteiger partial charge in [0, 0.05) is 18.6 Å². The molecule has 0 aromatic carbocycles. The lowest BCUT2D eigenvalue weighted by Gasteiger charge is -2.12. The van der Waals surface area contributed by atoms with E-state index >= 15 is 0 Å². The minimum Gasteiger partial charge on any atom is -0.396 e. The lowest BCUT2D eigenvalue weighted by atomic mass is 10.1. The molecule has 0 radical (unpaired) electrons. The summed E-state index contributed by atoms with van der Waals surface area (Å²) in [5.74, 6) is -0.693. The fourth-order valence-corrected chi connectivity index (χ4v) is 1.45. The number of alkyl halides is 1. The third kappa shape index (κ3) is 3.89. The summed E-state index contributed by atoms with van der Waals surface area (Å²) in [6, 6.07) is -0.695. The first-order valence-corrected chi connectivity index (χ1v) is 5.14. The van der Waals surface area contributed by atoms with E-state index in [2.05, 4.69) is 10.6 Å². The van der Waals surface area contributed by atoms with Gasteiger partial charge >= 0.3 is 6.03 Å². The number of imide groups is 1. The summed E-state index contributed by atoms with van der Waals surface area (Å²) in [6.45, 7) is 0.0664. The van der Waals surface area contributed by atoms with Crippen LogP contribution in [-0.2, 0) is 4.79 Å². The van der Waals surface area contributed by atoms with Crippen molar-refractivity contribution < 1.29 is 14.7 Å². The van der Waals surface area contributed by atoms with Gasteiger partial charge in [-0.25, -0.2) is 4.79 Å². The summed E-state index contributed by atoms with van der Waals surface area (Å²) >= 11 is 5.22. The highest BCUT2D eigenvalue weighted by molar-refractivity contribution is 6.28. The van der Waals surface area contributed by atoms with Crippen LogP contribution in [0.15, 0.2) is 12.2 Å². The number of hydrogen-bond acceptors (Lipinski definition) is 3. The molecule has 0 spiro atoms. The van der Waals surface area contributed by atoms with Gasteiger partial charge in [-0.3, -0.25) is 10.1 Å². The molecule has 15 heavy (non-hydrogen) atoms. The monoisotopic (exact) mass is 232 g/mol. The molecule has 3 N–H and O–H groups in total. The van der Waals surface area contributed by atoms with Gasteiger partial charge in [-0.15, -0.1) is 11.6 Å². The second kappa shape index (κ2) is 5.72. The van der Waals surface area contributed by atoms with Crippen molar-refractivity contribution in [1.29, 1.82) is 0 Å². The van der Waals surface area contributed by atoms with Crippen molar-refractivity contribution in [2.45, 2.75) is 12.5 Å². The Morgan fingerprint density at radius 2 is 2.20 bits per heavy atom. The molecule has 0 bridgehead atoms. The zero-order valence-electron chi connectivity index (χ0n) is 8.07. The summed E-state index contributed by atoms with van der Waals surface area (Å²) in [5, 5.41) is 13.5. The summed E-state index contributed by atoms with van der Waals surface area (Å²) in [7, 11) is 0. The Morgan fingerprint density at radius 1 is 1.47 bits per heavy atom. The molecule has 1 aliphatic carbocycles.